The minimum Gasteiger partial charge on any atom is -0.441 e. The zero-order chi connectivity index (χ0) is 32.2. The standard InChI is InChI=1S/C31H32ClN9O4/c1-3-36-41(2)27-30(17-24(42)35-18-20-12-7-8-15-23(20)25(33)34)40-28(45-30)31(32,39-27)21-13-9-14-22(16-21)37-29(44)38-26(43)19-10-5-4-6-11-19/h4-16,36H,3,17-18H2,1-2H3,(H3,33,34)(H,35,42)(H2,37,38,43,44). The second kappa shape index (κ2) is 12.8. The Balaban J connectivity index is 1.33. The molecule has 2 bridgehead atoms. The highest BCUT2D eigenvalue weighted by atomic mass is 35.5. The molecule has 2 atom stereocenters. The van der Waals surface area contributed by atoms with Gasteiger partial charge in [0.2, 0.25) is 16.8 Å². The highest BCUT2D eigenvalue weighted by Crippen LogP contribution is 2.48. The first-order valence-electron chi connectivity index (χ1n) is 14.1. The second-order valence-corrected chi connectivity index (χ2v) is 10.9. The largest absolute Gasteiger partial charge is 0.441 e. The first kappa shape index (κ1) is 31.2. The van der Waals surface area contributed by atoms with E-state index < -0.39 is 22.7 Å². The molecule has 0 spiro atoms. The van der Waals surface area contributed by atoms with E-state index in [9.17, 15) is 14.4 Å². The van der Waals surface area contributed by atoms with Gasteiger partial charge >= 0.3 is 6.03 Å². The number of hydrogen-bond acceptors (Lipinski definition) is 9. The van der Waals surface area contributed by atoms with Crippen LogP contribution in [0.3, 0.4) is 0 Å². The van der Waals surface area contributed by atoms with Gasteiger partial charge in [0.15, 0.2) is 5.84 Å². The molecule has 0 fully saturated rings. The van der Waals surface area contributed by atoms with Gasteiger partial charge in [0, 0.05) is 42.5 Å². The summed E-state index contributed by atoms with van der Waals surface area (Å²) in [4.78, 5) is 46.0. The van der Waals surface area contributed by atoms with Gasteiger partial charge in [0.05, 0.1) is 6.42 Å². The molecule has 232 valence electrons. The molecule has 7 N–H and O–H groups in total. The van der Waals surface area contributed by atoms with Crippen molar-refractivity contribution in [3.8, 4) is 0 Å². The Bertz CT molecular complexity index is 1710. The van der Waals surface area contributed by atoms with Crippen molar-refractivity contribution in [1.82, 2.24) is 21.1 Å². The number of rotatable bonds is 10. The summed E-state index contributed by atoms with van der Waals surface area (Å²) in [5.41, 5.74) is 9.76. The first-order chi connectivity index (χ1) is 21.5. The summed E-state index contributed by atoms with van der Waals surface area (Å²) in [6, 6.07) is 21.3. The number of nitrogens with one attached hydrogen (secondary N) is 5. The molecule has 3 aliphatic rings. The molecule has 3 aromatic rings. The molecule has 0 saturated heterocycles. The fourth-order valence-corrected chi connectivity index (χ4v) is 5.26. The topological polar surface area (TPSA) is 186 Å². The number of aliphatic imine (C=N–C) groups is 2. The third-order valence-corrected chi connectivity index (χ3v) is 7.57. The van der Waals surface area contributed by atoms with Crippen LogP contribution in [0, 0.1) is 5.41 Å². The van der Waals surface area contributed by atoms with Crippen LogP contribution in [0.1, 0.15) is 40.4 Å². The van der Waals surface area contributed by atoms with E-state index in [0.717, 1.165) is 0 Å². The molecule has 3 aromatic carbocycles. The molecule has 0 saturated carbocycles. The Kier molecular flexibility index (Phi) is 8.84. The van der Waals surface area contributed by atoms with Crippen molar-refractivity contribution in [2.24, 2.45) is 15.7 Å². The molecule has 3 aliphatic heterocycles. The number of alkyl halides is 1. The molecule has 6 rings (SSSR count). The van der Waals surface area contributed by atoms with Crippen molar-refractivity contribution in [3.05, 3.63) is 101 Å². The van der Waals surface area contributed by atoms with Crippen LogP contribution in [-0.2, 0) is 21.1 Å². The van der Waals surface area contributed by atoms with E-state index >= 15 is 0 Å². The molecule has 3 heterocycles. The van der Waals surface area contributed by atoms with Gasteiger partial charge in [-0.15, -0.1) is 0 Å². The summed E-state index contributed by atoms with van der Waals surface area (Å²) in [6.07, 6.45) is -0.183. The van der Waals surface area contributed by atoms with Crippen LogP contribution in [0.4, 0.5) is 10.5 Å². The number of carbonyl (C=O) groups is 3. The Morgan fingerprint density at radius 2 is 1.73 bits per heavy atom. The maximum Gasteiger partial charge on any atom is 0.326 e. The summed E-state index contributed by atoms with van der Waals surface area (Å²) in [6.45, 7) is 2.60. The van der Waals surface area contributed by atoms with Crippen molar-refractivity contribution in [2.75, 3.05) is 18.9 Å². The lowest BCUT2D eigenvalue weighted by Crippen LogP contribution is -2.66. The number of amidine groups is 2. The van der Waals surface area contributed by atoms with Crippen LogP contribution in [0.5, 0.6) is 0 Å². The average molecular weight is 630 g/mol. The maximum atomic E-state index is 13.1. The highest BCUT2D eigenvalue weighted by Gasteiger charge is 2.61. The van der Waals surface area contributed by atoms with Crippen LogP contribution in [-0.4, -0.2) is 59.7 Å². The molecule has 4 amide bonds. The number of fused-ring (bicyclic) bond motifs is 1. The average Bonchev–Trinajstić information content (AvgIpc) is 3.01. The Hall–Kier alpha value is -5.27. The van der Waals surface area contributed by atoms with E-state index in [-0.39, 0.29) is 36.4 Å². The molecular weight excluding hydrogens is 598 g/mol. The summed E-state index contributed by atoms with van der Waals surface area (Å²) in [5.74, 6) is -0.639. The Morgan fingerprint density at radius 3 is 2.44 bits per heavy atom. The number of hydrazine groups is 1. The van der Waals surface area contributed by atoms with Crippen molar-refractivity contribution in [2.45, 2.75) is 30.6 Å². The number of likely N-dealkylation sites (N-methyl/N-ethyl adjacent to an activating group) is 1. The van der Waals surface area contributed by atoms with E-state index in [1.54, 1.807) is 90.9 Å². The van der Waals surface area contributed by atoms with Crippen molar-refractivity contribution in [3.63, 3.8) is 0 Å². The van der Waals surface area contributed by atoms with Gasteiger partial charge in [-0.25, -0.2) is 15.2 Å². The van der Waals surface area contributed by atoms with Gasteiger partial charge in [-0.1, -0.05) is 73.1 Å². The summed E-state index contributed by atoms with van der Waals surface area (Å²) in [5, 5.41) is 17.2. The predicted octanol–water partition coefficient (Wildman–Crippen LogP) is 3.02. The number of carbonyl (C=O) groups excluding carboxylic acids is 3. The van der Waals surface area contributed by atoms with Crippen LogP contribution in [0.15, 0.2) is 88.8 Å². The lowest BCUT2D eigenvalue weighted by Gasteiger charge is -2.49. The Morgan fingerprint density at radius 1 is 1.02 bits per heavy atom. The van der Waals surface area contributed by atoms with Crippen molar-refractivity contribution in [1.29, 1.82) is 5.41 Å². The van der Waals surface area contributed by atoms with E-state index in [2.05, 4.69) is 26.4 Å². The first-order valence-corrected chi connectivity index (χ1v) is 14.4. The van der Waals surface area contributed by atoms with Gasteiger partial charge in [-0.2, -0.15) is 4.99 Å². The zero-order valence-corrected chi connectivity index (χ0v) is 25.3. The fraction of sp³-hybridized carbons (Fsp3) is 0.226. The molecule has 0 aromatic heterocycles. The van der Waals surface area contributed by atoms with Gasteiger partial charge in [0.1, 0.15) is 5.84 Å². The number of halogens is 1. The van der Waals surface area contributed by atoms with E-state index in [1.807, 2.05) is 6.92 Å². The minimum atomic E-state index is -1.59. The van der Waals surface area contributed by atoms with Crippen LogP contribution >= 0.6 is 11.6 Å². The van der Waals surface area contributed by atoms with E-state index in [4.69, 9.17) is 32.5 Å². The predicted molar refractivity (Wildman–Crippen MR) is 171 cm³/mol. The number of ether oxygens (including phenoxy) is 1. The van der Waals surface area contributed by atoms with Gasteiger partial charge in [0.25, 0.3) is 11.6 Å². The third-order valence-electron chi connectivity index (χ3n) is 7.10. The number of amides is 4. The number of hydrogen-bond donors (Lipinski definition) is 6. The number of benzene rings is 3. The van der Waals surface area contributed by atoms with Crippen molar-refractivity contribution >= 4 is 52.7 Å². The smallest absolute Gasteiger partial charge is 0.326 e. The molecule has 45 heavy (non-hydrogen) atoms. The van der Waals surface area contributed by atoms with Crippen LogP contribution in [0.25, 0.3) is 0 Å². The summed E-state index contributed by atoms with van der Waals surface area (Å²) < 4.78 is 6.17. The van der Waals surface area contributed by atoms with E-state index in [0.29, 0.717) is 34.5 Å². The van der Waals surface area contributed by atoms with Crippen molar-refractivity contribution < 1.29 is 19.1 Å². The number of nitrogens with two attached hydrogens (primary N) is 1. The second-order valence-electron chi connectivity index (χ2n) is 10.3. The SMILES string of the molecule is CCNN(C)C1=NC(Cl)(c2cccc(NC(=O)NC(=O)c3ccccc3)c2)C2=NC1(CC(=O)NCc1ccccc1C(=N)N)O2. The van der Waals surface area contributed by atoms with Gasteiger partial charge < -0.3 is 21.1 Å². The third kappa shape index (κ3) is 6.49. The monoisotopic (exact) mass is 629 g/mol. The minimum absolute atomic E-state index is 0.0911. The molecule has 0 aliphatic carbocycles. The molecule has 13 nitrogen and oxygen atoms in total. The number of imide groups is 1. The number of nitrogens with zero attached hydrogens (tertiary/aromatic N) is 3. The highest BCUT2D eigenvalue weighted by molar-refractivity contribution is 6.37. The molecular formula is C31H32ClN9O4. The molecule has 0 radical (unpaired) electrons. The maximum absolute atomic E-state index is 13.1. The number of urea groups is 1. The number of nitrogen functional groups attached to an aromatic ring is 1. The van der Waals surface area contributed by atoms with E-state index in [1.165, 1.54) is 0 Å². The quantitative estimate of drug-likeness (QED) is 0.0654. The zero-order valence-electron chi connectivity index (χ0n) is 24.6. The van der Waals surface area contributed by atoms with Crippen LogP contribution in [0.2, 0.25) is 0 Å². The molecule has 2 unspecified atom stereocenters. The Labute approximate surface area is 264 Å². The fourth-order valence-electron chi connectivity index (χ4n) is 4.98. The summed E-state index contributed by atoms with van der Waals surface area (Å²) in [7, 11) is 1.72. The molecule has 14 heteroatoms. The lowest BCUT2D eigenvalue weighted by molar-refractivity contribution is -0.125. The normalized spacial score (nSPS) is 19.5. The van der Waals surface area contributed by atoms with Crippen LogP contribution < -0.4 is 27.1 Å². The van der Waals surface area contributed by atoms with Gasteiger partial charge in [-0.3, -0.25) is 25.3 Å². The number of anilines is 1. The van der Waals surface area contributed by atoms with Gasteiger partial charge in [-0.05, 0) is 29.8 Å². The lowest BCUT2D eigenvalue weighted by atomic mass is 9.96. The summed E-state index contributed by atoms with van der Waals surface area (Å²) >= 11 is 7.07.